The third-order valence-electron chi connectivity index (χ3n) is 6.27. The number of benzene rings is 1. The summed E-state index contributed by atoms with van der Waals surface area (Å²) in [6.07, 6.45) is 3.96. The Morgan fingerprint density at radius 2 is 2.04 bits per heavy atom. The Kier molecular flexibility index (Phi) is 3.33. The first kappa shape index (κ1) is 16.8. The zero-order chi connectivity index (χ0) is 19.0. The number of hydrogen-bond donors (Lipinski definition) is 1. The molecule has 27 heavy (non-hydrogen) atoms. The van der Waals surface area contributed by atoms with Crippen molar-refractivity contribution in [3.8, 4) is 11.3 Å². The number of aromatic nitrogens is 2. The lowest BCUT2D eigenvalue weighted by atomic mass is 9.53. The third kappa shape index (κ3) is 2.35. The maximum atomic E-state index is 12.2. The highest BCUT2D eigenvalue weighted by molar-refractivity contribution is 5.70. The van der Waals surface area contributed by atoms with Crippen LogP contribution in [0.4, 0.5) is 4.79 Å². The number of carbonyl (C=O) groups excluding carboxylic acids is 1. The molecule has 142 valence electrons. The number of rotatable bonds is 1. The van der Waals surface area contributed by atoms with E-state index in [2.05, 4.69) is 27.8 Å². The molecule has 6 heteroatoms. The summed E-state index contributed by atoms with van der Waals surface area (Å²) in [4.78, 5) is 18.2. The number of ether oxygens (including phenoxy) is 1. The van der Waals surface area contributed by atoms with Crippen molar-refractivity contribution in [3.05, 3.63) is 42.4 Å². The topological polar surface area (TPSA) is 67.6 Å². The molecule has 5 rings (SSSR count). The van der Waals surface area contributed by atoms with E-state index < -0.39 is 11.7 Å². The number of carbonyl (C=O) groups is 1. The van der Waals surface area contributed by atoms with Crippen LogP contribution in [0.5, 0.6) is 0 Å². The summed E-state index contributed by atoms with van der Waals surface area (Å²) in [5.41, 5.74) is 2.91. The van der Waals surface area contributed by atoms with Crippen molar-refractivity contribution >= 4 is 6.09 Å². The van der Waals surface area contributed by atoms with Gasteiger partial charge in [0.15, 0.2) is 0 Å². The molecule has 0 bridgehead atoms. The summed E-state index contributed by atoms with van der Waals surface area (Å²) >= 11 is 0. The molecule has 1 aromatic carbocycles. The quantitative estimate of drug-likeness (QED) is 0.841. The van der Waals surface area contributed by atoms with Crippen LogP contribution in [0.1, 0.15) is 38.8 Å². The molecular formula is C21H25N3O3. The zero-order valence-electron chi connectivity index (χ0n) is 15.9. The molecule has 2 fully saturated rings. The number of nitrogens with zero attached hydrogens (tertiary/aromatic N) is 3. The van der Waals surface area contributed by atoms with E-state index in [1.54, 1.807) is 4.90 Å². The van der Waals surface area contributed by atoms with Crippen molar-refractivity contribution in [2.75, 3.05) is 13.1 Å². The van der Waals surface area contributed by atoms with Crippen LogP contribution in [0.15, 0.2) is 36.8 Å². The predicted molar refractivity (Wildman–Crippen MR) is 100 cm³/mol. The van der Waals surface area contributed by atoms with Gasteiger partial charge in [-0.1, -0.05) is 24.3 Å². The summed E-state index contributed by atoms with van der Waals surface area (Å²) in [6.45, 7) is 6.76. The van der Waals surface area contributed by atoms with Crippen molar-refractivity contribution in [3.63, 3.8) is 0 Å². The van der Waals surface area contributed by atoms with Crippen molar-refractivity contribution < 1.29 is 14.6 Å². The molecule has 3 atom stereocenters. The second-order valence-corrected chi connectivity index (χ2v) is 9.23. The lowest BCUT2D eigenvalue weighted by molar-refractivity contribution is -0.197. The lowest BCUT2D eigenvalue weighted by Crippen LogP contribution is -2.72. The molecule has 3 aliphatic rings. The monoisotopic (exact) mass is 367 g/mol. The average Bonchev–Trinajstić information content (AvgIpc) is 3.13. The number of hydrogen-bond acceptors (Lipinski definition) is 4. The second kappa shape index (κ2) is 5.35. The number of aliphatic hydroxyl groups is 1. The largest absolute Gasteiger partial charge is 0.444 e. The van der Waals surface area contributed by atoms with Gasteiger partial charge in [-0.05, 0) is 32.8 Å². The minimum absolute atomic E-state index is 0.120. The SMILES string of the molecule is CC(C)(C)OC(=O)N1CC2(C[C@@H]([C@@H]3c4ccccc4-c4cncn43)[C@@H]2O)C1. The van der Waals surface area contributed by atoms with Gasteiger partial charge >= 0.3 is 6.09 Å². The van der Waals surface area contributed by atoms with Crippen molar-refractivity contribution in [2.45, 2.75) is 44.9 Å². The predicted octanol–water partition coefficient (Wildman–Crippen LogP) is 3.07. The average molecular weight is 367 g/mol. The van der Waals surface area contributed by atoms with E-state index in [4.69, 9.17) is 4.74 Å². The Labute approximate surface area is 158 Å². The molecule has 0 radical (unpaired) electrons. The third-order valence-corrected chi connectivity index (χ3v) is 6.27. The molecular weight excluding hydrogens is 342 g/mol. The molecule has 1 saturated carbocycles. The first-order valence-electron chi connectivity index (χ1n) is 9.56. The van der Waals surface area contributed by atoms with Crippen molar-refractivity contribution in [1.29, 1.82) is 0 Å². The highest BCUT2D eigenvalue weighted by Crippen LogP contribution is 2.59. The van der Waals surface area contributed by atoms with E-state index in [1.165, 1.54) is 11.1 Å². The second-order valence-electron chi connectivity index (χ2n) is 9.23. The number of imidazole rings is 1. The summed E-state index contributed by atoms with van der Waals surface area (Å²) < 4.78 is 7.63. The lowest BCUT2D eigenvalue weighted by Gasteiger charge is -2.63. The van der Waals surface area contributed by atoms with Gasteiger partial charge in [-0.25, -0.2) is 9.78 Å². The Bertz CT molecular complexity index is 907. The van der Waals surface area contributed by atoms with Crippen LogP contribution < -0.4 is 0 Å². The zero-order valence-corrected chi connectivity index (χ0v) is 15.9. The first-order chi connectivity index (χ1) is 12.8. The first-order valence-corrected chi connectivity index (χ1v) is 9.56. The van der Waals surface area contributed by atoms with E-state index in [-0.39, 0.29) is 23.5 Å². The summed E-state index contributed by atoms with van der Waals surface area (Å²) in [5, 5.41) is 11.0. The molecule has 1 aromatic heterocycles. The Morgan fingerprint density at radius 3 is 2.74 bits per heavy atom. The molecule has 1 aliphatic carbocycles. The van der Waals surface area contributed by atoms with E-state index >= 15 is 0 Å². The highest BCUT2D eigenvalue weighted by Gasteiger charge is 2.63. The number of likely N-dealkylation sites (tertiary alicyclic amines) is 1. The van der Waals surface area contributed by atoms with Crippen molar-refractivity contribution in [1.82, 2.24) is 14.5 Å². The maximum Gasteiger partial charge on any atom is 0.410 e. The van der Waals surface area contributed by atoms with Gasteiger partial charge in [0, 0.05) is 30.0 Å². The molecule has 2 aromatic rings. The molecule has 1 spiro atoms. The Hall–Kier alpha value is -2.34. The summed E-state index contributed by atoms with van der Waals surface area (Å²) in [7, 11) is 0. The van der Waals surface area contributed by atoms with Crippen LogP contribution in [0, 0.1) is 11.3 Å². The van der Waals surface area contributed by atoms with Gasteiger partial charge in [-0.15, -0.1) is 0 Å². The fraction of sp³-hybridized carbons (Fsp3) is 0.524. The van der Waals surface area contributed by atoms with Crippen LogP contribution >= 0.6 is 0 Å². The highest BCUT2D eigenvalue weighted by atomic mass is 16.6. The molecule has 2 aliphatic heterocycles. The minimum atomic E-state index is -0.494. The molecule has 1 N–H and O–H groups in total. The summed E-state index contributed by atoms with van der Waals surface area (Å²) in [5.74, 6) is 0.141. The number of amides is 1. The van der Waals surface area contributed by atoms with Gasteiger partial charge in [0.2, 0.25) is 0 Å². The van der Waals surface area contributed by atoms with Gasteiger partial charge in [0.25, 0.3) is 0 Å². The minimum Gasteiger partial charge on any atom is -0.444 e. The standard InChI is InChI=1S/C21H25N3O3/c1-20(2,3)27-19(26)23-10-21(11-23)8-15(18(21)25)17-14-7-5-4-6-13(14)16-9-22-12-24(16)17/h4-7,9,12,15,17-18,25H,8,10-11H2,1-3H3/t15-,17-,18-/m0/s1. The van der Waals surface area contributed by atoms with Crippen LogP contribution in [-0.2, 0) is 4.74 Å². The molecule has 3 heterocycles. The smallest absolute Gasteiger partial charge is 0.410 e. The molecule has 1 amide bonds. The fourth-order valence-corrected chi connectivity index (χ4v) is 5.08. The Morgan fingerprint density at radius 1 is 1.30 bits per heavy atom. The van der Waals surface area contributed by atoms with Gasteiger partial charge in [0.1, 0.15) is 5.60 Å². The normalized spacial score (nSPS) is 27.6. The van der Waals surface area contributed by atoms with Gasteiger partial charge in [-0.2, -0.15) is 0 Å². The van der Waals surface area contributed by atoms with Gasteiger partial charge in [0.05, 0.1) is 30.4 Å². The van der Waals surface area contributed by atoms with Crippen LogP contribution in [0.3, 0.4) is 0 Å². The molecule has 6 nitrogen and oxygen atoms in total. The molecule has 0 unspecified atom stereocenters. The van der Waals surface area contributed by atoms with Gasteiger partial charge < -0.3 is 19.3 Å². The number of fused-ring (bicyclic) bond motifs is 3. The van der Waals surface area contributed by atoms with Crippen LogP contribution in [-0.4, -0.2) is 50.4 Å². The van der Waals surface area contributed by atoms with Crippen LogP contribution in [0.25, 0.3) is 11.3 Å². The Balaban J connectivity index is 1.32. The molecule has 1 saturated heterocycles. The van der Waals surface area contributed by atoms with Crippen LogP contribution in [0.2, 0.25) is 0 Å². The van der Waals surface area contributed by atoms with E-state index in [1.807, 2.05) is 39.4 Å². The fourth-order valence-electron chi connectivity index (χ4n) is 5.08. The van der Waals surface area contributed by atoms with E-state index in [0.717, 1.165) is 12.1 Å². The van der Waals surface area contributed by atoms with Crippen molar-refractivity contribution in [2.24, 2.45) is 11.3 Å². The van der Waals surface area contributed by atoms with Gasteiger partial charge in [-0.3, -0.25) is 0 Å². The van der Waals surface area contributed by atoms with E-state index in [0.29, 0.717) is 13.1 Å². The summed E-state index contributed by atoms with van der Waals surface area (Å²) in [6, 6.07) is 8.49. The number of aliphatic hydroxyl groups excluding tert-OH is 1. The maximum absolute atomic E-state index is 12.2. The van der Waals surface area contributed by atoms with E-state index in [9.17, 15) is 9.90 Å².